The minimum Gasteiger partial charge on any atom is -0.369 e. The number of nitrogens with one attached hydrogen (secondary N) is 1. The summed E-state index contributed by atoms with van der Waals surface area (Å²) in [7, 11) is 1.54. The maximum Gasteiger partial charge on any atom is 0.251 e. The summed E-state index contributed by atoms with van der Waals surface area (Å²) in [5, 5.41) is 3.07. The molecule has 0 radical (unpaired) electrons. The van der Waals surface area contributed by atoms with Crippen LogP contribution in [0.5, 0.6) is 0 Å². The second-order valence-electron chi connectivity index (χ2n) is 6.74. The third kappa shape index (κ3) is 2.08. The second kappa shape index (κ2) is 3.95. The first-order valence-corrected chi connectivity index (χ1v) is 6.09. The van der Waals surface area contributed by atoms with Crippen LogP contribution < -0.4 is 11.1 Å². The lowest BCUT2D eigenvalue weighted by molar-refractivity contribution is -0.149. The molecule has 1 amide bonds. The van der Waals surface area contributed by atoms with E-state index in [9.17, 15) is 4.79 Å². The molecule has 0 spiro atoms. The average molecular weight is 242 g/mol. The van der Waals surface area contributed by atoms with Crippen LogP contribution in [0.25, 0.3) is 0 Å². The molecule has 0 saturated heterocycles. The molecule has 17 heavy (non-hydrogen) atoms. The van der Waals surface area contributed by atoms with Crippen LogP contribution in [0.2, 0.25) is 0 Å². The summed E-state index contributed by atoms with van der Waals surface area (Å²) >= 11 is 0. The molecule has 0 aromatic carbocycles. The molecule has 0 aromatic heterocycles. The van der Waals surface area contributed by atoms with Crippen molar-refractivity contribution in [2.45, 2.75) is 59.2 Å². The van der Waals surface area contributed by atoms with Crippen molar-refractivity contribution in [3.8, 4) is 0 Å². The van der Waals surface area contributed by atoms with E-state index in [2.05, 4.69) is 33.0 Å². The summed E-state index contributed by atoms with van der Waals surface area (Å²) in [6.45, 7) is 11.9. The first-order chi connectivity index (χ1) is 7.48. The summed E-state index contributed by atoms with van der Waals surface area (Å²) in [4.78, 5) is 12.1. The number of carbonyl (C=O) groups is 1. The molecule has 100 valence electrons. The zero-order chi connectivity index (χ0) is 13.6. The monoisotopic (exact) mass is 242 g/mol. The molecule has 0 aliphatic heterocycles. The highest BCUT2D eigenvalue weighted by atomic mass is 16.5. The van der Waals surface area contributed by atoms with Gasteiger partial charge in [-0.3, -0.25) is 4.79 Å². The molecule has 0 aromatic rings. The van der Waals surface area contributed by atoms with E-state index in [-0.39, 0.29) is 28.8 Å². The summed E-state index contributed by atoms with van der Waals surface area (Å²) in [5.41, 5.74) is 5.20. The van der Waals surface area contributed by atoms with Crippen molar-refractivity contribution < 1.29 is 9.53 Å². The van der Waals surface area contributed by atoms with Crippen LogP contribution in [-0.2, 0) is 9.53 Å². The zero-order valence-corrected chi connectivity index (χ0v) is 12.0. The van der Waals surface area contributed by atoms with Crippen LogP contribution in [-0.4, -0.2) is 30.7 Å². The van der Waals surface area contributed by atoms with E-state index >= 15 is 0 Å². The normalized spacial score (nSPS) is 30.6. The molecule has 1 rings (SSSR count). The molecule has 0 atom stereocenters. The number of amides is 1. The number of rotatable bonds is 3. The van der Waals surface area contributed by atoms with Gasteiger partial charge in [0.25, 0.3) is 5.91 Å². The molecular formula is C13H26N2O2. The Hall–Kier alpha value is -0.610. The Labute approximate surface area is 104 Å². The van der Waals surface area contributed by atoms with Gasteiger partial charge in [-0.05, 0) is 13.8 Å². The summed E-state index contributed by atoms with van der Waals surface area (Å²) in [5.74, 6) is -0.0851. The fraction of sp³-hybridized carbons (Fsp3) is 0.923. The zero-order valence-electron chi connectivity index (χ0n) is 12.0. The van der Waals surface area contributed by atoms with Crippen molar-refractivity contribution in [3.63, 3.8) is 0 Å². The van der Waals surface area contributed by atoms with Crippen molar-refractivity contribution in [3.05, 3.63) is 0 Å². The molecule has 1 aliphatic carbocycles. The Kier molecular flexibility index (Phi) is 3.36. The maximum atomic E-state index is 12.1. The minimum atomic E-state index is -0.800. The lowest BCUT2D eigenvalue weighted by atomic mass is 9.48. The third-order valence-corrected chi connectivity index (χ3v) is 4.42. The van der Waals surface area contributed by atoms with Crippen LogP contribution >= 0.6 is 0 Å². The fourth-order valence-corrected chi connectivity index (χ4v) is 2.95. The van der Waals surface area contributed by atoms with Gasteiger partial charge in [0.15, 0.2) is 0 Å². The molecular weight excluding hydrogens is 216 g/mol. The van der Waals surface area contributed by atoms with Gasteiger partial charge in [0.1, 0.15) is 5.60 Å². The predicted molar refractivity (Wildman–Crippen MR) is 68.6 cm³/mol. The van der Waals surface area contributed by atoms with E-state index in [0.29, 0.717) is 0 Å². The first kappa shape index (κ1) is 14.5. The minimum absolute atomic E-state index is 0.0759. The van der Waals surface area contributed by atoms with Crippen molar-refractivity contribution >= 4 is 5.91 Å². The molecule has 4 heteroatoms. The number of ether oxygens (including phenoxy) is 1. The third-order valence-electron chi connectivity index (χ3n) is 4.42. The van der Waals surface area contributed by atoms with Gasteiger partial charge in [0.05, 0.1) is 0 Å². The highest BCUT2D eigenvalue weighted by Gasteiger charge is 2.60. The number of methoxy groups -OCH3 is 1. The topological polar surface area (TPSA) is 64.3 Å². The summed E-state index contributed by atoms with van der Waals surface area (Å²) in [6, 6.07) is 0.165. The van der Waals surface area contributed by atoms with Crippen LogP contribution in [0.3, 0.4) is 0 Å². The number of hydrogen-bond donors (Lipinski definition) is 2. The maximum absolute atomic E-state index is 12.1. The van der Waals surface area contributed by atoms with Crippen molar-refractivity contribution in [2.75, 3.05) is 7.11 Å². The van der Waals surface area contributed by atoms with Crippen LogP contribution in [0, 0.1) is 10.8 Å². The van der Waals surface area contributed by atoms with Gasteiger partial charge >= 0.3 is 0 Å². The Bertz CT molecular complexity index is 305. The van der Waals surface area contributed by atoms with E-state index in [1.54, 1.807) is 21.0 Å². The van der Waals surface area contributed by atoms with Crippen molar-refractivity contribution in [1.29, 1.82) is 0 Å². The molecule has 1 fully saturated rings. The lowest BCUT2D eigenvalue weighted by Crippen LogP contribution is -2.76. The molecule has 0 unspecified atom stereocenters. The molecule has 3 N–H and O–H groups in total. The Morgan fingerprint density at radius 3 is 2.00 bits per heavy atom. The number of hydrogen-bond acceptors (Lipinski definition) is 3. The average Bonchev–Trinajstić information content (AvgIpc) is 2.23. The van der Waals surface area contributed by atoms with Gasteiger partial charge in [-0.2, -0.15) is 0 Å². The van der Waals surface area contributed by atoms with Crippen LogP contribution in [0.1, 0.15) is 41.5 Å². The largest absolute Gasteiger partial charge is 0.369 e. The summed E-state index contributed by atoms with van der Waals surface area (Å²) < 4.78 is 5.19. The van der Waals surface area contributed by atoms with E-state index < -0.39 is 5.60 Å². The van der Waals surface area contributed by atoms with Gasteiger partial charge in [-0.25, -0.2) is 0 Å². The molecule has 1 aliphatic rings. The van der Waals surface area contributed by atoms with E-state index in [0.717, 1.165) is 0 Å². The van der Waals surface area contributed by atoms with E-state index in [4.69, 9.17) is 10.5 Å². The summed E-state index contributed by atoms with van der Waals surface area (Å²) in [6.07, 6.45) is 0. The first-order valence-electron chi connectivity index (χ1n) is 6.09. The van der Waals surface area contributed by atoms with E-state index in [1.165, 1.54) is 0 Å². The van der Waals surface area contributed by atoms with Crippen LogP contribution in [0.4, 0.5) is 0 Å². The quantitative estimate of drug-likeness (QED) is 0.784. The predicted octanol–water partition coefficient (Wildman–Crippen LogP) is 1.29. The number of carbonyl (C=O) groups excluding carboxylic acids is 1. The second-order valence-corrected chi connectivity index (χ2v) is 6.74. The highest BCUT2D eigenvalue weighted by molar-refractivity contribution is 5.84. The van der Waals surface area contributed by atoms with Gasteiger partial charge in [0, 0.05) is 30.0 Å². The Morgan fingerprint density at radius 2 is 1.65 bits per heavy atom. The SMILES string of the molecule is COC(C)(C)C(=O)NC1C(C)(C)C(N)C1(C)C. The smallest absolute Gasteiger partial charge is 0.251 e. The van der Waals surface area contributed by atoms with Gasteiger partial charge in [-0.15, -0.1) is 0 Å². The molecule has 1 saturated carbocycles. The Balaban J connectivity index is 2.80. The Morgan fingerprint density at radius 1 is 1.24 bits per heavy atom. The van der Waals surface area contributed by atoms with Crippen molar-refractivity contribution in [1.82, 2.24) is 5.32 Å². The highest BCUT2D eigenvalue weighted by Crippen LogP contribution is 2.52. The van der Waals surface area contributed by atoms with E-state index in [1.807, 2.05) is 0 Å². The fourth-order valence-electron chi connectivity index (χ4n) is 2.95. The van der Waals surface area contributed by atoms with Gasteiger partial charge < -0.3 is 15.8 Å². The number of nitrogens with two attached hydrogens (primary N) is 1. The van der Waals surface area contributed by atoms with Gasteiger partial charge in [0.2, 0.25) is 0 Å². The molecule has 0 bridgehead atoms. The lowest BCUT2D eigenvalue weighted by Gasteiger charge is -2.63. The van der Waals surface area contributed by atoms with Crippen molar-refractivity contribution in [2.24, 2.45) is 16.6 Å². The van der Waals surface area contributed by atoms with Gasteiger partial charge in [-0.1, -0.05) is 27.7 Å². The molecule has 0 heterocycles. The van der Waals surface area contributed by atoms with Crippen LogP contribution in [0.15, 0.2) is 0 Å². The molecule has 4 nitrogen and oxygen atoms in total. The standard InChI is InChI=1S/C13H26N2O2/c1-11(2)8(14)12(3,4)9(11)15-10(16)13(5,6)17-7/h8-9H,14H2,1-7H3,(H,15,16).